The molecular weight excluding hydrogens is 376 g/mol. The van der Waals surface area contributed by atoms with Crippen molar-refractivity contribution >= 4 is 28.8 Å². The maximum atomic E-state index is 12.0. The van der Waals surface area contributed by atoms with Crippen LogP contribution in [0.15, 0.2) is 63.0 Å². The fourth-order valence-electron chi connectivity index (χ4n) is 2.45. The number of fused-ring (bicyclic) bond motifs is 1. The topological polar surface area (TPSA) is 81.4 Å². The van der Waals surface area contributed by atoms with E-state index in [1.165, 1.54) is 11.8 Å². The van der Waals surface area contributed by atoms with Gasteiger partial charge in [-0.15, -0.1) is 0 Å². The summed E-state index contributed by atoms with van der Waals surface area (Å²) < 4.78 is 10.5. The summed E-state index contributed by atoms with van der Waals surface area (Å²) in [5.74, 6) is 0.619. The lowest BCUT2D eigenvalue weighted by Gasteiger charge is -2.19. The molecule has 3 aromatic rings. The van der Waals surface area contributed by atoms with Crippen LogP contribution in [0.1, 0.15) is 31.9 Å². The molecule has 0 fully saturated rings. The van der Waals surface area contributed by atoms with Gasteiger partial charge >= 0.3 is 11.7 Å². The first-order chi connectivity index (χ1) is 13.3. The fourth-order valence-corrected chi connectivity index (χ4v) is 3.23. The predicted molar refractivity (Wildman–Crippen MR) is 109 cm³/mol. The standard InChI is InChI=1S/C21H22N2O4S/c1-21(2,3)27-19(25)22-12-14-8-10-15(11-9-14)13-28-20-23-17-7-5-4-6-16(17)18(24)26-20/h4-11H,12-13H2,1-3H3,(H,22,25). The number of alkyl carbamates (subject to hydrolysis) is 1. The van der Waals surface area contributed by atoms with E-state index in [-0.39, 0.29) is 5.63 Å². The highest BCUT2D eigenvalue weighted by Gasteiger charge is 2.15. The predicted octanol–water partition coefficient (Wildman–Crippen LogP) is 4.51. The van der Waals surface area contributed by atoms with Crippen molar-refractivity contribution in [3.8, 4) is 0 Å². The molecule has 0 spiro atoms. The van der Waals surface area contributed by atoms with Crippen molar-refractivity contribution in [3.05, 3.63) is 70.1 Å². The van der Waals surface area contributed by atoms with Gasteiger partial charge in [-0.1, -0.05) is 48.2 Å². The summed E-state index contributed by atoms with van der Waals surface area (Å²) in [6, 6.07) is 14.9. The van der Waals surface area contributed by atoms with E-state index in [1.807, 2.05) is 51.1 Å². The van der Waals surface area contributed by atoms with Gasteiger partial charge in [-0.3, -0.25) is 0 Å². The van der Waals surface area contributed by atoms with E-state index < -0.39 is 11.7 Å². The van der Waals surface area contributed by atoms with Gasteiger partial charge < -0.3 is 14.5 Å². The zero-order valence-electron chi connectivity index (χ0n) is 16.0. The Hall–Kier alpha value is -2.80. The third-order valence-corrected chi connectivity index (χ3v) is 4.64. The largest absolute Gasteiger partial charge is 0.444 e. The van der Waals surface area contributed by atoms with Crippen LogP contribution in [0.25, 0.3) is 10.9 Å². The van der Waals surface area contributed by atoms with Gasteiger partial charge in [-0.05, 0) is 44.0 Å². The Labute approximate surface area is 167 Å². The molecule has 28 heavy (non-hydrogen) atoms. The van der Waals surface area contributed by atoms with Crippen LogP contribution in [-0.4, -0.2) is 16.7 Å². The van der Waals surface area contributed by atoms with Gasteiger partial charge in [0.05, 0.1) is 10.9 Å². The molecule has 146 valence electrons. The number of nitrogens with zero attached hydrogens (tertiary/aromatic N) is 1. The van der Waals surface area contributed by atoms with E-state index in [1.54, 1.807) is 18.2 Å². The monoisotopic (exact) mass is 398 g/mol. The molecule has 0 saturated heterocycles. The molecule has 0 aliphatic heterocycles. The lowest BCUT2D eigenvalue weighted by molar-refractivity contribution is 0.0523. The number of para-hydroxylation sites is 1. The number of nitrogens with one attached hydrogen (secondary N) is 1. The minimum atomic E-state index is -0.517. The van der Waals surface area contributed by atoms with Gasteiger partial charge in [0.1, 0.15) is 5.60 Å². The van der Waals surface area contributed by atoms with E-state index in [0.717, 1.165) is 11.1 Å². The first kappa shape index (κ1) is 19.9. The first-order valence-electron chi connectivity index (χ1n) is 8.87. The van der Waals surface area contributed by atoms with Crippen molar-refractivity contribution < 1.29 is 13.9 Å². The molecule has 6 nitrogen and oxygen atoms in total. The molecule has 7 heteroatoms. The molecule has 1 heterocycles. The van der Waals surface area contributed by atoms with Gasteiger partial charge in [0.15, 0.2) is 0 Å². The van der Waals surface area contributed by atoms with Crippen LogP contribution in [0.2, 0.25) is 0 Å². The lowest BCUT2D eigenvalue weighted by atomic mass is 10.1. The summed E-state index contributed by atoms with van der Waals surface area (Å²) in [4.78, 5) is 28.1. The second-order valence-electron chi connectivity index (χ2n) is 7.24. The molecule has 1 N–H and O–H groups in total. The van der Waals surface area contributed by atoms with E-state index >= 15 is 0 Å². The molecule has 2 aromatic carbocycles. The van der Waals surface area contributed by atoms with Crippen LogP contribution < -0.4 is 10.9 Å². The number of thioether (sulfide) groups is 1. The Kier molecular flexibility index (Phi) is 6.04. The number of benzene rings is 2. The number of carbonyl (C=O) groups excluding carboxylic acids is 1. The maximum absolute atomic E-state index is 12.0. The Balaban J connectivity index is 1.56. The summed E-state index contributed by atoms with van der Waals surface area (Å²) in [6.45, 7) is 5.87. The number of hydrogen-bond donors (Lipinski definition) is 1. The molecule has 0 radical (unpaired) electrons. The number of amides is 1. The van der Waals surface area contributed by atoms with E-state index in [2.05, 4.69) is 10.3 Å². The zero-order chi connectivity index (χ0) is 20.1. The third kappa shape index (κ3) is 5.60. The number of hydrogen-bond acceptors (Lipinski definition) is 6. The van der Waals surface area contributed by atoms with Crippen molar-refractivity contribution in [1.82, 2.24) is 10.3 Å². The molecule has 0 unspecified atom stereocenters. The molecule has 0 bridgehead atoms. The molecule has 1 aromatic heterocycles. The van der Waals surface area contributed by atoms with Gasteiger partial charge in [0, 0.05) is 12.3 Å². The van der Waals surface area contributed by atoms with Crippen LogP contribution in [0.4, 0.5) is 4.79 Å². The lowest BCUT2D eigenvalue weighted by Crippen LogP contribution is -2.32. The first-order valence-corrected chi connectivity index (χ1v) is 9.86. The summed E-state index contributed by atoms with van der Waals surface area (Å²) in [5, 5.41) is 3.56. The highest BCUT2D eigenvalue weighted by atomic mass is 32.2. The van der Waals surface area contributed by atoms with Gasteiger partial charge in [-0.25, -0.2) is 14.6 Å². The van der Waals surface area contributed by atoms with Crippen molar-refractivity contribution in [3.63, 3.8) is 0 Å². The normalized spacial score (nSPS) is 11.4. The molecule has 0 aliphatic carbocycles. The molecule has 0 saturated carbocycles. The average Bonchev–Trinajstić information content (AvgIpc) is 2.64. The summed E-state index contributed by atoms with van der Waals surface area (Å²) in [6.07, 6.45) is -0.440. The Morgan fingerprint density at radius 2 is 1.79 bits per heavy atom. The molecular formula is C21H22N2O4S. The second-order valence-corrected chi connectivity index (χ2v) is 8.17. The van der Waals surface area contributed by atoms with Crippen LogP contribution in [-0.2, 0) is 17.0 Å². The quantitative estimate of drug-likeness (QED) is 0.637. The summed E-state index contributed by atoms with van der Waals surface area (Å²) in [7, 11) is 0. The SMILES string of the molecule is CC(C)(C)OC(=O)NCc1ccc(CSc2nc3ccccc3c(=O)o2)cc1. The highest BCUT2D eigenvalue weighted by molar-refractivity contribution is 7.98. The van der Waals surface area contributed by atoms with Crippen molar-refractivity contribution in [2.24, 2.45) is 0 Å². The molecule has 0 atom stereocenters. The van der Waals surface area contributed by atoms with E-state index in [9.17, 15) is 9.59 Å². The Morgan fingerprint density at radius 1 is 1.11 bits per heavy atom. The minimum absolute atomic E-state index is 0.347. The van der Waals surface area contributed by atoms with Gasteiger partial charge in [0.2, 0.25) is 0 Å². The second kappa shape index (κ2) is 8.48. The molecule has 0 aliphatic rings. The number of rotatable bonds is 5. The molecule has 3 rings (SSSR count). The number of ether oxygens (including phenoxy) is 1. The van der Waals surface area contributed by atoms with Crippen LogP contribution >= 0.6 is 11.8 Å². The summed E-state index contributed by atoms with van der Waals surface area (Å²) in [5.41, 5.74) is 1.76. The Morgan fingerprint density at radius 3 is 2.50 bits per heavy atom. The van der Waals surface area contributed by atoms with Crippen LogP contribution in [0.5, 0.6) is 0 Å². The smallest absolute Gasteiger partial charge is 0.407 e. The van der Waals surface area contributed by atoms with Gasteiger partial charge in [-0.2, -0.15) is 0 Å². The maximum Gasteiger partial charge on any atom is 0.407 e. The number of carbonyl (C=O) groups is 1. The van der Waals surface area contributed by atoms with E-state index in [0.29, 0.717) is 28.4 Å². The van der Waals surface area contributed by atoms with Crippen molar-refractivity contribution in [2.75, 3.05) is 0 Å². The van der Waals surface area contributed by atoms with Crippen molar-refractivity contribution in [1.29, 1.82) is 0 Å². The summed E-state index contributed by atoms with van der Waals surface area (Å²) >= 11 is 1.37. The number of aromatic nitrogens is 1. The highest BCUT2D eigenvalue weighted by Crippen LogP contribution is 2.22. The minimum Gasteiger partial charge on any atom is -0.444 e. The molecule has 1 amide bonds. The Bertz CT molecular complexity index is 1020. The van der Waals surface area contributed by atoms with Gasteiger partial charge in [0.25, 0.3) is 5.22 Å². The fraction of sp³-hybridized carbons (Fsp3) is 0.286. The third-order valence-electron chi connectivity index (χ3n) is 3.74. The average molecular weight is 398 g/mol. The van der Waals surface area contributed by atoms with Crippen LogP contribution in [0.3, 0.4) is 0 Å². The van der Waals surface area contributed by atoms with Crippen LogP contribution in [0, 0.1) is 0 Å². The zero-order valence-corrected chi connectivity index (χ0v) is 16.8. The van der Waals surface area contributed by atoms with E-state index in [4.69, 9.17) is 9.15 Å². The van der Waals surface area contributed by atoms with Crippen molar-refractivity contribution in [2.45, 2.75) is 43.9 Å².